The maximum absolute atomic E-state index is 7.80. The molecule has 0 aromatic carbocycles. The summed E-state index contributed by atoms with van der Waals surface area (Å²) in [5.41, 5.74) is 3.59. The van der Waals surface area contributed by atoms with Crippen LogP contribution in [0.1, 0.15) is 0 Å². The monoisotopic (exact) mass is 107 g/mol. The van der Waals surface area contributed by atoms with Crippen LogP contribution in [0.5, 0.6) is 0 Å². The Morgan fingerprint density at radius 1 is 1.83 bits per heavy atom. The lowest BCUT2D eigenvalue weighted by Gasteiger charge is -1.94. The van der Waals surface area contributed by atoms with Crippen molar-refractivity contribution in [2.75, 3.05) is 0 Å². The third kappa shape index (κ3) is 1.89. The van der Waals surface area contributed by atoms with E-state index in [0.717, 1.165) is 0 Å². The van der Waals surface area contributed by atoms with Crippen LogP contribution in [-0.4, -0.2) is 10.3 Å². The van der Waals surface area contributed by atoms with Crippen molar-refractivity contribution < 1.29 is 5.21 Å². The average molecular weight is 107 g/mol. The molecule has 0 bridgehead atoms. The van der Waals surface area contributed by atoms with Gasteiger partial charge in [-0.15, -0.1) is 0 Å². The molecule has 0 aromatic heterocycles. The smallest absolute Gasteiger partial charge is 0.204 e. The molecule has 36 valence electrons. The summed E-state index contributed by atoms with van der Waals surface area (Å²) >= 11 is 4.26. The van der Waals surface area contributed by atoms with Gasteiger partial charge in [-0.05, 0) is 12.2 Å². The van der Waals surface area contributed by atoms with Crippen LogP contribution in [-0.2, 0) is 0 Å². The molecule has 0 fully saturated rings. The number of thiocarbonyl (C=S) groups is 1. The first kappa shape index (κ1) is 5.61. The van der Waals surface area contributed by atoms with Gasteiger partial charge in [0.25, 0.3) is 0 Å². The molecule has 4 nitrogen and oxygen atoms in total. The van der Waals surface area contributed by atoms with Crippen LogP contribution in [0.3, 0.4) is 0 Å². The molecule has 0 aromatic rings. The summed E-state index contributed by atoms with van der Waals surface area (Å²) in [6.45, 7) is 0. The Balaban J connectivity index is 2.99. The molecule has 6 heavy (non-hydrogen) atoms. The van der Waals surface area contributed by atoms with E-state index in [1.807, 2.05) is 5.43 Å². The summed E-state index contributed by atoms with van der Waals surface area (Å²) < 4.78 is 0. The van der Waals surface area contributed by atoms with E-state index in [2.05, 4.69) is 18.1 Å². The van der Waals surface area contributed by atoms with Crippen molar-refractivity contribution >= 4 is 17.3 Å². The number of hydrogen-bond donors (Lipinski definition) is 4. The van der Waals surface area contributed by atoms with Crippen molar-refractivity contribution in [2.45, 2.75) is 0 Å². The third-order valence-corrected chi connectivity index (χ3v) is 0.442. The van der Waals surface area contributed by atoms with Gasteiger partial charge in [0.2, 0.25) is 5.11 Å². The molecule has 0 unspecified atom stereocenters. The minimum absolute atomic E-state index is 0.00926. The van der Waals surface area contributed by atoms with Crippen LogP contribution >= 0.6 is 12.2 Å². The van der Waals surface area contributed by atoms with E-state index in [9.17, 15) is 0 Å². The molecule has 0 aliphatic heterocycles. The van der Waals surface area contributed by atoms with Crippen molar-refractivity contribution in [1.82, 2.24) is 10.9 Å². The van der Waals surface area contributed by atoms with Gasteiger partial charge in [0, 0.05) is 0 Å². The number of hydrazine groups is 1. The van der Waals surface area contributed by atoms with Crippen molar-refractivity contribution in [3.63, 3.8) is 0 Å². The van der Waals surface area contributed by atoms with Gasteiger partial charge in [-0.1, -0.05) is 0 Å². The fraction of sp³-hybridized carbons (Fsp3) is 0. The number of nitrogens with two attached hydrogens (primary N) is 1. The Hall–Kier alpha value is -0.390. The van der Waals surface area contributed by atoms with Crippen molar-refractivity contribution in [3.05, 3.63) is 0 Å². The molecule has 0 aliphatic carbocycles. The van der Waals surface area contributed by atoms with Gasteiger partial charge < -0.3 is 0 Å². The molecule has 0 aliphatic rings. The molecule has 0 atom stereocenters. The largest absolute Gasteiger partial charge is 0.299 e. The highest BCUT2D eigenvalue weighted by Crippen LogP contribution is 1.49. The first-order valence-corrected chi connectivity index (χ1v) is 1.62. The standard InChI is InChI=1S/CH5N3OS/c2-3-1(6)4-5/h5H,2H2,(H2,3,4,6). The highest BCUT2D eigenvalue weighted by molar-refractivity contribution is 7.80. The summed E-state index contributed by atoms with van der Waals surface area (Å²) in [5.74, 6) is 4.67. The number of nitrogens with one attached hydrogen (secondary N) is 2. The molecule has 0 spiro atoms. The van der Waals surface area contributed by atoms with E-state index in [4.69, 9.17) is 5.21 Å². The Labute approximate surface area is 40.3 Å². The maximum Gasteiger partial charge on any atom is 0.204 e. The molecular weight excluding hydrogens is 102 g/mol. The molecule has 0 radical (unpaired) electrons. The average Bonchev–Trinajstić information content (AvgIpc) is 1.65. The Bertz CT molecular complexity index is 48.8. The van der Waals surface area contributed by atoms with Gasteiger partial charge in [-0.25, -0.2) is 11.3 Å². The fourth-order valence-electron chi connectivity index (χ4n) is 0.0323. The van der Waals surface area contributed by atoms with Crippen molar-refractivity contribution in [3.8, 4) is 0 Å². The lowest BCUT2D eigenvalue weighted by Crippen LogP contribution is -2.37. The van der Waals surface area contributed by atoms with Gasteiger partial charge in [0.05, 0.1) is 0 Å². The SMILES string of the molecule is NNC(=S)NO. The number of rotatable bonds is 0. The Morgan fingerprint density at radius 2 is 2.33 bits per heavy atom. The molecule has 0 saturated heterocycles. The first-order valence-electron chi connectivity index (χ1n) is 1.22. The zero-order valence-electron chi connectivity index (χ0n) is 2.93. The quantitative estimate of drug-likeness (QED) is 0.176. The lowest BCUT2D eigenvalue weighted by atomic mass is 11.2. The lowest BCUT2D eigenvalue weighted by molar-refractivity contribution is 0.233. The first-order chi connectivity index (χ1) is 2.81. The molecule has 0 heterocycles. The van der Waals surface area contributed by atoms with Crippen molar-refractivity contribution in [2.24, 2.45) is 5.84 Å². The molecule has 5 heteroatoms. The minimum Gasteiger partial charge on any atom is -0.299 e. The van der Waals surface area contributed by atoms with Crippen LogP contribution in [0.15, 0.2) is 0 Å². The van der Waals surface area contributed by atoms with E-state index in [-0.39, 0.29) is 5.11 Å². The number of hydrogen-bond acceptors (Lipinski definition) is 3. The summed E-state index contributed by atoms with van der Waals surface area (Å²) in [7, 11) is 0. The predicted molar refractivity (Wildman–Crippen MR) is 24.8 cm³/mol. The second-order valence-electron chi connectivity index (χ2n) is 0.585. The molecule has 0 rings (SSSR count). The summed E-state index contributed by atoms with van der Waals surface area (Å²) in [4.78, 5) is 0. The second-order valence-corrected chi connectivity index (χ2v) is 0.994. The summed E-state index contributed by atoms with van der Waals surface area (Å²) in [5, 5.41) is 7.81. The molecule has 0 saturated carbocycles. The van der Waals surface area contributed by atoms with E-state index in [1.165, 1.54) is 0 Å². The second kappa shape index (κ2) is 2.83. The Kier molecular flexibility index (Phi) is 2.64. The molecule has 0 amide bonds. The van der Waals surface area contributed by atoms with Crippen LogP contribution in [0.25, 0.3) is 0 Å². The highest BCUT2D eigenvalue weighted by Gasteiger charge is 1.77. The predicted octanol–water partition coefficient (Wildman–Crippen LogP) is -1.29. The van der Waals surface area contributed by atoms with Gasteiger partial charge in [0.15, 0.2) is 0 Å². The molecular formula is CH5N3OS. The van der Waals surface area contributed by atoms with Crippen LogP contribution in [0, 0.1) is 0 Å². The Morgan fingerprint density at radius 3 is 2.33 bits per heavy atom. The topological polar surface area (TPSA) is 70.3 Å². The van der Waals surface area contributed by atoms with Gasteiger partial charge in [0.1, 0.15) is 0 Å². The van der Waals surface area contributed by atoms with Crippen LogP contribution < -0.4 is 16.7 Å². The van der Waals surface area contributed by atoms with E-state index < -0.39 is 0 Å². The fourth-order valence-corrected chi connectivity index (χ4v) is 0.0323. The summed E-state index contributed by atoms with van der Waals surface area (Å²) in [6, 6.07) is 0. The van der Waals surface area contributed by atoms with Gasteiger partial charge >= 0.3 is 0 Å². The van der Waals surface area contributed by atoms with Crippen molar-refractivity contribution in [1.29, 1.82) is 0 Å². The van der Waals surface area contributed by atoms with Crippen LogP contribution in [0.4, 0.5) is 0 Å². The maximum atomic E-state index is 7.80. The van der Waals surface area contributed by atoms with Gasteiger partial charge in [-0.2, -0.15) is 0 Å². The van der Waals surface area contributed by atoms with E-state index >= 15 is 0 Å². The third-order valence-electron chi connectivity index (χ3n) is 0.233. The summed E-state index contributed by atoms with van der Waals surface area (Å²) in [6.07, 6.45) is 0. The minimum atomic E-state index is 0.00926. The van der Waals surface area contributed by atoms with Crippen LogP contribution in [0.2, 0.25) is 0 Å². The van der Waals surface area contributed by atoms with E-state index in [1.54, 1.807) is 5.48 Å². The number of hydroxylamine groups is 1. The van der Waals surface area contributed by atoms with Gasteiger partial charge in [-0.3, -0.25) is 10.6 Å². The zero-order chi connectivity index (χ0) is 4.99. The zero-order valence-corrected chi connectivity index (χ0v) is 3.75. The van der Waals surface area contributed by atoms with E-state index in [0.29, 0.717) is 0 Å². The molecule has 5 N–H and O–H groups in total. The normalized spacial score (nSPS) is 7.00. The highest BCUT2D eigenvalue weighted by atomic mass is 32.1.